The summed E-state index contributed by atoms with van der Waals surface area (Å²) < 4.78 is 15.1. The largest absolute Gasteiger partial charge is 0.477 e. The summed E-state index contributed by atoms with van der Waals surface area (Å²) in [6.45, 7) is 1.59. The molecule has 0 N–H and O–H groups in total. The zero-order chi connectivity index (χ0) is 23.1. The van der Waals surface area contributed by atoms with Gasteiger partial charge in [0.25, 0.3) is 0 Å². The molecule has 0 unspecified atom stereocenters. The molecule has 4 heterocycles. The van der Waals surface area contributed by atoms with Crippen molar-refractivity contribution in [3.05, 3.63) is 70.7 Å². The van der Waals surface area contributed by atoms with E-state index >= 15 is 0 Å². The maximum absolute atomic E-state index is 6.32. The highest BCUT2D eigenvalue weighted by atomic mass is 35.5. The molecule has 3 aromatic heterocycles. The Balaban J connectivity index is 1.36. The van der Waals surface area contributed by atoms with E-state index in [1.54, 1.807) is 19.6 Å². The Morgan fingerprint density at radius 1 is 1.12 bits per heavy atom. The fraction of sp³-hybridized carbons (Fsp3) is 0.280. The van der Waals surface area contributed by atoms with Crippen LogP contribution in [-0.4, -0.2) is 43.0 Å². The lowest BCUT2D eigenvalue weighted by atomic mass is 10.1. The van der Waals surface area contributed by atoms with E-state index in [9.17, 15) is 0 Å². The number of fused-ring (bicyclic) bond motifs is 5. The Hall–Kier alpha value is -3.67. The fourth-order valence-electron chi connectivity index (χ4n) is 3.98. The van der Waals surface area contributed by atoms with Crippen LogP contribution in [0.4, 0.5) is 0 Å². The molecule has 0 radical (unpaired) electrons. The molecule has 0 saturated heterocycles. The van der Waals surface area contributed by atoms with Crippen LogP contribution in [0.3, 0.4) is 0 Å². The van der Waals surface area contributed by atoms with E-state index in [1.165, 1.54) is 12.8 Å². The van der Waals surface area contributed by atoms with E-state index in [1.807, 2.05) is 39.5 Å². The first-order valence-electron chi connectivity index (χ1n) is 11.1. The van der Waals surface area contributed by atoms with Crippen molar-refractivity contribution in [2.75, 3.05) is 13.7 Å². The van der Waals surface area contributed by atoms with Crippen molar-refractivity contribution in [1.29, 1.82) is 0 Å². The molecule has 8 nitrogen and oxygen atoms in total. The van der Waals surface area contributed by atoms with Crippen molar-refractivity contribution in [3.63, 3.8) is 0 Å². The first-order valence-corrected chi connectivity index (χ1v) is 11.5. The monoisotopic (exact) mass is 472 g/mol. The lowest BCUT2D eigenvalue weighted by Crippen LogP contribution is -2.09. The number of hydrogen-bond acceptors (Lipinski definition) is 6. The molecule has 1 fully saturated rings. The Kier molecular flexibility index (Phi) is 5.28. The van der Waals surface area contributed by atoms with Crippen molar-refractivity contribution >= 4 is 11.6 Å². The number of rotatable bonds is 5. The zero-order valence-electron chi connectivity index (χ0n) is 18.5. The molecule has 4 aromatic rings. The van der Waals surface area contributed by atoms with Crippen LogP contribution in [0.5, 0.6) is 5.88 Å². The molecular formula is C25H21ClN6O2. The van der Waals surface area contributed by atoms with Crippen molar-refractivity contribution in [3.8, 4) is 34.8 Å². The van der Waals surface area contributed by atoms with Crippen molar-refractivity contribution in [2.45, 2.75) is 26.0 Å². The summed E-state index contributed by atoms with van der Waals surface area (Å²) in [7, 11) is 1.64. The smallest absolute Gasteiger partial charge is 0.213 e. The second-order valence-electron chi connectivity index (χ2n) is 8.42. The van der Waals surface area contributed by atoms with Gasteiger partial charge >= 0.3 is 0 Å². The molecule has 6 rings (SSSR count). The molecule has 0 atom stereocenters. The van der Waals surface area contributed by atoms with Gasteiger partial charge in [0.2, 0.25) is 5.88 Å². The van der Waals surface area contributed by atoms with E-state index in [-0.39, 0.29) is 0 Å². The van der Waals surface area contributed by atoms with Crippen LogP contribution >= 0.6 is 11.6 Å². The average molecular weight is 473 g/mol. The van der Waals surface area contributed by atoms with Gasteiger partial charge in [0, 0.05) is 35.5 Å². The molecule has 1 aromatic carbocycles. The lowest BCUT2D eigenvalue weighted by molar-refractivity contribution is 0.174. The number of pyridine rings is 1. The molecule has 1 saturated carbocycles. The van der Waals surface area contributed by atoms with Gasteiger partial charge in [-0.3, -0.25) is 4.57 Å². The highest BCUT2D eigenvalue weighted by Crippen LogP contribution is 2.34. The summed E-state index contributed by atoms with van der Waals surface area (Å²) in [6, 6.07) is 9.50. The molecule has 0 bridgehead atoms. The Morgan fingerprint density at radius 3 is 2.82 bits per heavy atom. The van der Waals surface area contributed by atoms with Crippen LogP contribution in [0.2, 0.25) is 5.02 Å². The Labute approximate surface area is 201 Å². The number of hydrogen-bond donors (Lipinski definition) is 0. The Morgan fingerprint density at radius 2 is 2.03 bits per heavy atom. The van der Waals surface area contributed by atoms with E-state index in [0.29, 0.717) is 35.7 Å². The molecule has 34 heavy (non-hydrogen) atoms. The second kappa shape index (κ2) is 8.60. The molecule has 1 aliphatic heterocycles. The normalized spacial score (nSPS) is 13.8. The summed E-state index contributed by atoms with van der Waals surface area (Å²) in [5.74, 6) is 9.18. The minimum atomic E-state index is 0.346. The molecule has 170 valence electrons. The standard InChI is InChI=1S/C25H21ClN6O2/c1-33-14-23-29-30-25-19-10-18(26)6-8-21(19)32-15-28-20(22(32)12-31(23)25)7-4-16-5-9-24(27-11-16)34-13-17-2-3-17/h5-6,8-11,15,17H,2-3,12-14H2,1H3. The highest BCUT2D eigenvalue weighted by molar-refractivity contribution is 6.31. The van der Waals surface area contributed by atoms with Crippen LogP contribution in [0.25, 0.3) is 17.1 Å². The van der Waals surface area contributed by atoms with Gasteiger partial charge in [0.05, 0.1) is 24.5 Å². The summed E-state index contributed by atoms with van der Waals surface area (Å²) in [4.78, 5) is 8.98. The van der Waals surface area contributed by atoms with Crippen molar-refractivity contribution < 1.29 is 9.47 Å². The Bertz CT molecular complexity index is 1430. The van der Waals surface area contributed by atoms with Gasteiger partial charge < -0.3 is 14.0 Å². The SMILES string of the molecule is COCc1nnc2n1Cc1c(C#Cc3ccc(OCC4CC4)nc3)ncn1-c1ccc(Cl)cc1-2. The number of methoxy groups -OCH3 is 1. The fourth-order valence-corrected chi connectivity index (χ4v) is 4.15. The van der Waals surface area contributed by atoms with Gasteiger partial charge in [-0.15, -0.1) is 10.2 Å². The van der Waals surface area contributed by atoms with Gasteiger partial charge in [-0.2, -0.15) is 0 Å². The summed E-state index contributed by atoms with van der Waals surface area (Å²) in [5.41, 5.74) is 4.22. The van der Waals surface area contributed by atoms with Crippen LogP contribution in [0.15, 0.2) is 42.9 Å². The number of nitrogens with zero attached hydrogens (tertiary/aromatic N) is 6. The predicted molar refractivity (Wildman–Crippen MR) is 126 cm³/mol. The van der Waals surface area contributed by atoms with Crippen LogP contribution < -0.4 is 4.74 Å². The van der Waals surface area contributed by atoms with Crippen molar-refractivity contribution in [2.24, 2.45) is 5.92 Å². The van der Waals surface area contributed by atoms with Crippen LogP contribution in [0, 0.1) is 17.8 Å². The van der Waals surface area contributed by atoms with Gasteiger partial charge in [-0.25, -0.2) is 9.97 Å². The van der Waals surface area contributed by atoms with Crippen LogP contribution in [-0.2, 0) is 17.9 Å². The predicted octanol–water partition coefficient (Wildman–Crippen LogP) is 3.88. The summed E-state index contributed by atoms with van der Waals surface area (Å²) >= 11 is 6.32. The molecule has 0 spiro atoms. The number of ether oxygens (including phenoxy) is 2. The van der Waals surface area contributed by atoms with Crippen molar-refractivity contribution in [1.82, 2.24) is 29.3 Å². The van der Waals surface area contributed by atoms with Gasteiger partial charge in [0.1, 0.15) is 18.6 Å². The minimum absolute atomic E-state index is 0.346. The number of aromatic nitrogens is 6. The average Bonchev–Trinajstić information content (AvgIpc) is 3.51. The summed E-state index contributed by atoms with van der Waals surface area (Å²) in [6.07, 6.45) is 6.02. The van der Waals surface area contributed by atoms with Gasteiger partial charge in [-0.05, 0) is 48.9 Å². The molecule has 0 amide bonds. The highest BCUT2D eigenvalue weighted by Gasteiger charge is 2.26. The minimum Gasteiger partial charge on any atom is -0.477 e. The van der Waals surface area contributed by atoms with E-state index < -0.39 is 0 Å². The van der Waals surface area contributed by atoms with Gasteiger partial charge in [0.15, 0.2) is 11.6 Å². The second-order valence-corrected chi connectivity index (χ2v) is 8.86. The number of imidazole rings is 1. The third kappa shape index (κ3) is 3.94. The lowest BCUT2D eigenvalue weighted by Gasteiger charge is -2.08. The third-order valence-corrected chi connectivity index (χ3v) is 6.19. The number of halogens is 1. The van der Waals surface area contributed by atoms with E-state index in [2.05, 4.69) is 32.0 Å². The first-order chi connectivity index (χ1) is 16.7. The molecule has 9 heteroatoms. The van der Waals surface area contributed by atoms with E-state index in [0.717, 1.165) is 40.8 Å². The molecular weight excluding hydrogens is 452 g/mol. The topological polar surface area (TPSA) is 79.9 Å². The number of benzene rings is 1. The zero-order valence-corrected chi connectivity index (χ0v) is 19.3. The first kappa shape index (κ1) is 20.9. The maximum atomic E-state index is 6.32. The molecule has 2 aliphatic rings. The van der Waals surface area contributed by atoms with E-state index in [4.69, 9.17) is 21.1 Å². The maximum Gasteiger partial charge on any atom is 0.213 e. The van der Waals surface area contributed by atoms with Gasteiger partial charge in [-0.1, -0.05) is 17.5 Å². The third-order valence-electron chi connectivity index (χ3n) is 5.96. The van der Waals surface area contributed by atoms with Crippen LogP contribution in [0.1, 0.15) is 35.6 Å². The summed E-state index contributed by atoms with van der Waals surface area (Å²) in [5, 5.41) is 9.39. The molecule has 1 aliphatic carbocycles. The quantitative estimate of drug-likeness (QED) is 0.361.